The highest BCUT2D eigenvalue weighted by Gasteiger charge is 1.76. The molecular weight excluding hydrogens is 78.8 g/mol. The smallest absolute Gasteiger partial charge is 0.271 e. The maximum Gasteiger partial charge on any atom is 0.271 e. The molecule has 0 saturated carbocycles. The average molecular weight is 87.9 g/mol. The van der Waals surface area contributed by atoms with Crippen LogP contribution in [0.25, 0.3) is 0 Å². The fourth-order valence-electron chi connectivity index (χ4n) is 0.209. The Bertz CT molecular complexity index is 20.8. The molecule has 0 rings (SSSR count). The third-order valence-electron chi connectivity index (χ3n) is 0.440. The summed E-state index contributed by atoms with van der Waals surface area (Å²) in [6.45, 7) is 2.50. The zero-order chi connectivity index (χ0) is 4.83. The SMILES string of the molecule is CBOCCO. The van der Waals surface area contributed by atoms with Crippen molar-refractivity contribution in [2.45, 2.75) is 6.82 Å². The predicted molar refractivity (Wildman–Crippen MR) is 26.1 cm³/mol. The zero-order valence-corrected chi connectivity index (χ0v) is 3.98. The van der Waals surface area contributed by atoms with Gasteiger partial charge >= 0.3 is 0 Å². The molecule has 0 aromatic heterocycles. The molecule has 0 saturated heterocycles. The summed E-state index contributed by atoms with van der Waals surface area (Å²) in [4.78, 5) is 0. The van der Waals surface area contributed by atoms with Crippen molar-refractivity contribution in [1.82, 2.24) is 0 Å². The van der Waals surface area contributed by atoms with Gasteiger partial charge in [-0.05, 0) is 0 Å². The van der Waals surface area contributed by atoms with E-state index >= 15 is 0 Å². The molecule has 3 heteroatoms. The Kier molecular flexibility index (Phi) is 4.97. The first-order valence-electron chi connectivity index (χ1n) is 2.10. The molecule has 0 atom stereocenters. The lowest BCUT2D eigenvalue weighted by molar-refractivity contribution is 0.208. The van der Waals surface area contributed by atoms with Gasteiger partial charge in [0.2, 0.25) is 0 Å². The number of hydrogen-bond acceptors (Lipinski definition) is 2. The van der Waals surface area contributed by atoms with Crippen LogP contribution in [0.2, 0.25) is 6.82 Å². The fourth-order valence-corrected chi connectivity index (χ4v) is 0.209. The molecule has 0 fully saturated rings. The van der Waals surface area contributed by atoms with E-state index in [0.717, 1.165) is 0 Å². The van der Waals surface area contributed by atoms with Crippen molar-refractivity contribution < 1.29 is 9.76 Å². The van der Waals surface area contributed by atoms with Crippen molar-refractivity contribution in [3.8, 4) is 0 Å². The van der Waals surface area contributed by atoms with Crippen LogP contribution in [0.3, 0.4) is 0 Å². The molecule has 0 bridgehead atoms. The van der Waals surface area contributed by atoms with Crippen molar-refractivity contribution in [2.24, 2.45) is 0 Å². The van der Waals surface area contributed by atoms with E-state index in [-0.39, 0.29) is 6.61 Å². The summed E-state index contributed by atoms with van der Waals surface area (Å²) >= 11 is 0. The molecule has 36 valence electrons. The third kappa shape index (κ3) is 3.98. The molecule has 6 heavy (non-hydrogen) atoms. The normalized spacial score (nSPS) is 8.33. The van der Waals surface area contributed by atoms with E-state index in [4.69, 9.17) is 9.76 Å². The first-order chi connectivity index (χ1) is 2.91. The highest BCUT2D eigenvalue weighted by Crippen LogP contribution is 1.63. The molecule has 2 nitrogen and oxygen atoms in total. The second-order valence-electron chi connectivity index (χ2n) is 0.921. The quantitative estimate of drug-likeness (QED) is 0.368. The summed E-state index contributed by atoms with van der Waals surface area (Å²) in [7, 11) is 0.695. The minimum Gasteiger partial charge on any atom is -0.437 e. The van der Waals surface area contributed by atoms with Crippen LogP contribution in [0.4, 0.5) is 0 Å². The third-order valence-corrected chi connectivity index (χ3v) is 0.440. The Morgan fingerprint density at radius 1 is 1.83 bits per heavy atom. The molecule has 0 aromatic carbocycles. The van der Waals surface area contributed by atoms with E-state index in [2.05, 4.69) is 0 Å². The number of aliphatic hydroxyl groups excluding tert-OH is 1. The van der Waals surface area contributed by atoms with Gasteiger partial charge in [0, 0.05) is 0 Å². The van der Waals surface area contributed by atoms with E-state index in [1.54, 1.807) is 0 Å². The Morgan fingerprint density at radius 3 is 2.67 bits per heavy atom. The Labute approximate surface area is 38.4 Å². The summed E-state index contributed by atoms with van der Waals surface area (Å²) in [6.07, 6.45) is 0. The van der Waals surface area contributed by atoms with Crippen LogP contribution in [0.1, 0.15) is 0 Å². The van der Waals surface area contributed by atoms with Crippen molar-refractivity contribution in [2.75, 3.05) is 13.2 Å². The lowest BCUT2D eigenvalue weighted by Crippen LogP contribution is -1.99. The lowest BCUT2D eigenvalue weighted by atomic mass is 10.1. The highest BCUT2D eigenvalue weighted by molar-refractivity contribution is 6.24. The minimum atomic E-state index is 0.133. The highest BCUT2D eigenvalue weighted by atomic mass is 16.4. The van der Waals surface area contributed by atoms with Crippen molar-refractivity contribution >= 4 is 7.48 Å². The largest absolute Gasteiger partial charge is 0.437 e. The van der Waals surface area contributed by atoms with Gasteiger partial charge in [-0.2, -0.15) is 0 Å². The summed E-state index contributed by atoms with van der Waals surface area (Å²) in [6, 6.07) is 0. The van der Waals surface area contributed by atoms with Crippen LogP contribution < -0.4 is 0 Å². The molecule has 0 spiro atoms. The van der Waals surface area contributed by atoms with E-state index in [1.165, 1.54) is 0 Å². The molecule has 0 aromatic rings. The topological polar surface area (TPSA) is 29.5 Å². The second kappa shape index (κ2) is 4.98. The van der Waals surface area contributed by atoms with E-state index in [9.17, 15) is 0 Å². The van der Waals surface area contributed by atoms with Crippen LogP contribution in [0.5, 0.6) is 0 Å². The van der Waals surface area contributed by atoms with Gasteiger partial charge in [0.05, 0.1) is 13.2 Å². The van der Waals surface area contributed by atoms with Gasteiger partial charge in [0.1, 0.15) is 0 Å². The van der Waals surface area contributed by atoms with Crippen molar-refractivity contribution in [1.29, 1.82) is 0 Å². The van der Waals surface area contributed by atoms with Gasteiger partial charge in [-0.25, -0.2) is 0 Å². The van der Waals surface area contributed by atoms with Crippen molar-refractivity contribution in [3.05, 3.63) is 0 Å². The van der Waals surface area contributed by atoms with Crippen LogP contribution >= 0.6 is 0 Å². The Hall–Kier alpha value is -0.0151. The monoisotopic (exact) mass is 88.1 g/mol. The Balaban J connectivity index is 2.34. The summed E-state index contributed by atoms with van der Waals surface area (Å²) in [5, 5.41) is 8.07. The van der Waals surface area contributed by atoms with Crippen LogP contribution in [0.15, 0.2) is 0 Å². The zero-order valence-electron chi connectivity index (χ0n) is 3.98. The Morgan fingerprint density at radius 2 is 2.50 bits per heavy atom. The molecule has 0 radical (unpaired) electrons. The van der Waals surface area contributed by atoms with Gasteiger partial charge in [-0.15, -0.1) is 0 Å². The summed E-state index contributed by atoms with van der Waals surface area (Å²) in [5.41, 5.74) is 0. The van der Waals surface area contributed by atoms with Gasteiger partial charge in [-0.3, -0.25) is 0 Å². The molecule has 1 N–H and O–H groups in total. The summed E-state index contributed by atoms with van der Waals surface area (Å²) in [5.74, 6) is 0. The minimum absolute atomic E-state index is 0.133. The predicted octanol–water partition coefficient (Wildman–Crippen LogP) is -0.605. The molecule has 0 unspecified atom stereocenters. The first-order valence-corrected chi connectivity index (χ1v) is 2.10. The number of hydrogen-bond donors (Lipinski definition) is 1. The fraction of sp³-hybridized carbons (Fsp3) is 1.00. The first kappa shape index (κ1) is 5.98. The van der Waals surface area contributed by atoms with E-state index in [1.807, 2.05) is 6.82 Å². The molecule has 0 aliphatic heterocycles. The molecule has 0 aliphatic carbocycles. The molecular formula is C3H9BO2. The molecule has 0 amide bonds. The van der Waals surface area contributed by atoms with Gasteiger partial charge in [0.25, 0.3) is 7.48 Å². The van der Waals surface area contributed by atoms with Gasteiger partial charge in [-0.1, -0.05) is 6.82 Å². The standard InChI is InChI=1S/C3H9BO2/c1-4-6-3-2-5/h4-5H,2-3H2,1H3. The van der Waals surface area contributed by atoms with E-state index in [0.29, 0.717) is 14.1 Å². The van der Waals surface area contributed by atoms with Gasteiger partial charge in [0.15, 0.2) is 0 Å². The molecule has 0 aliphatic rings. The maximum absolute atomic E-state index is 8.07. The molecule has 0 heterocycles. The maximum atomic E-state index is 8.07. The second-order valence-corrected chi connectivity index (χ2v) is 0.921. The van der Waals surface area contributed by atoms with Gasteiger partial charge < -0.3 is 9.76 Å². The lowest BCUT2D eigenvalue weighted by Gasteiger charge is -1.90. The van der Waals surface area contributed by atoms with E-state index < -0.39 is 0 Å². The number of aliphatic hydroxyl groups is 1. The van der Waals surface area contributed by atoms with Crippen LogP contribution in [-0.2, 0) is 4.65 Å². The van der Waals surface area contributed by atoms with Crippen LogP contribution in [0, 0.1) is 0 Å². The van der Waals surface area contributed by atoms with Crippen molar-refractivity contribution in [3.63, 3.8) is 0 Å². The summed E-state index contributed by atoms with van der Waals surface area (Å²) < 4.78 is 4.73. The average Bonchev–Trinajstić information content (AvgIpc) is 1.61. The number of rotatable bonds is 3. The van der Waals surface area contributed by atoms with Crippen LogP contribution in [-0.4, -0.2) is 25.8 Å².